The van der Waals surface area contributed by atoms with Crippen LogP contribution >= 0.6 is 11.8 Å². The van der Waals surface area contributed by atoms with Gasteiger partial charge in [0.05, 0.1) is 6.10 Å². The van der Waals surface area contributed by atoms with Crippen molar-refractivity contribution in [2.75, 3.05) is 18.1 Å². The Bertz CT molecular complexity index is 257. The van der Waals surface area contributed by atoms with Crippen LogP contribution in [0.1, 0.15) is 136 Å². The molecule has 1 nitrogen and oxygen atoms in total. The van der Waals surface area contributed by atoms with Gasteiger partial charge in [-0.1, -0.05) is 117 Å². The Morgan fingerprint density at radius 3 is 1.44 bits per heavy atom. The second-order valence-electron chi connectivity index (χ2n) is 8.41. The molecule has 0 rings (SSSR count). The topological polar surface area (TPSA) is 9.23 Å². The number of rotatable bonds is 23. The largest absolute Gasteiger partial charge is 0.378 e. The van der Waals surface area contributed by atoms with Crippen molar-refractivity contribution in [2.45, 2.75) is 142 Å². The van der Waals surface area contributed by atoms with Gasteiger partial charge in [-0.05, 0) is 25.5 Å². The lowest BCUT2D eigenvalue weighted by molar-refractivity contribution is 0.0787. The summed E-state index contributed by atoms with van der Waals surface area (Å²) in [5.74, 6) is 2.50. The molecule has 27 heavy (non-hydrogen) atoms. The SMILES string of the molecule is CCCCCCCCCCCCSC[C@H](C)OCCCCCCCCCC. The molecular formula is C25H52OS. The van der Waals surface area contributed by atoms with E-state index in [-0.39, 0.29) is 0 Å². The maximum Gasteiger partial charge on any atom is 0.0637 e. The Balaban J connectivity index is 3.12. The third-order valence-electron chi connectivity index (χ3n) is 5.40. The van der Waals surface area contributed by atoms with Gasteiger partial charge < -0.3 is 4.74 Å². The van der Waals surface area contributed by atoms with Gasteiger partial charge in [-0.25, -0.2) is 0 Å². The van der Waals surface area contributed by atoms with Crippen LogP contribution in [0, 0.1) is 0 Å². The van der Waals surface area contributed by atoms with Gasteiger partial charge in [0.25, 0.3) is 0 Å². The van der Waals surface area contributed by atoms with Gasteiger partial charge in [-0.15, -0.1) is 0 Å². The molecule has 0 N–H and O–H groups in total. The van der Waals surface area contributed by atoms with E-state index < -0.39 is 0 Å². The maximum atomic E-state index is 5.97. The van der Waals surface area contributed by atoms with Crippen LogP contribution in [-0.4, -0.2) is 24.2 Å². The van der Waals surface area contributed by atoms with Crippen LogP contribution in [0.2, 0.25) is 0 Å². The van der Waals surface area contributed by atoms with Gasteiger partial charge in [0.1, 0.15) is 0 Å². The van der Waals surface area contributed by atoms with E-state index in [0.29, 0.717) is 6.10 Å². The number of thioether (sulfide) groups is 1. The molecule has 0 radical (unpaired) electrons. The molecule has 0 fully saturated rings. The van der Waals surface area contributed by atoms with E-state index in [9.17, 15) is 0 Å². The third kappa shape index (κ3) is 24.3. The van der Waals surface area contributed by atoms with Crippen LogP contribution in [0.5, 0.6) is 0 Å². The molecular weight excluding hydrogens is 348 g/mol. The van der Waals surface area contributed by atoms with Crippen molar-refractivity contribution in [2.24, 2.45) is 0 Å². The average molecular weight is 401 g/mol. The fourth-order valence-corrected chi connectivity index (χ4v) is 4.51. The van der Waals surface area contributed by atoms with Crippen molar-refractivity contribution in [3.8, 4) is 0 Å². The summed E-state index contributed by atoms with van der Waals surface area (Å²) in [6.07, 6.45) is 25.8. The first-order chi connectivity index (χ1) is 13.3. The standard InChI is InChI=1S/C25H52OS/c1-4-6-8-10-12-14-15-17-19-21-23-27-24-25(3)26-22-20-18-16-13-11-9-7-5-2/h25H,4-24H2,1-3H3/t25-/m0/s1. The molecule has 0 heterocycles. The van der Waals surface area contributed by atoms with Gasteiger partial charge in [-0.2, -0.15) is 11.8 Å². The van der Waals surface area contributed by atoms with E-state index in [1.54, 1.807) is 0 Å². The van der Waals surface area contributed by atoms with Crippen molar-refractivity contribution in [3.63, 3.8) is 0 Å². The summed E-state index contributed by atoms with van der Waals surface area (Å²) in [5, 5.41) is 0. The predicted molar refractivity (Wildman–Crippen MR) is 127 cm³/mol. The molecule has 0 bridgehead atoms. The molecule has 0 aliphatic heterocycles. The van der Waals surface area contributed by atoms with Crippen LogP contribution in [-0.2, 0) is 4.74 Å². The molecule has 0 aliphatic rings. The molecule has 1 atom stereocenters. The molecule has 0 aliphatic carbocycles. The Morgan fingerprint density at radius 2 is 0.963 bits per heavy atom. The highest BCUT2D eigenvalue weighted by atomic mass is 32.2. The van der Waals surface area contributed by atoms with Crippen LogP contribution in [0.4, 0.5) is 0 Å². The maximum absolute atomic E-state index is 5.97. The van der Waals surface area contributed by atoms with E-state index in [0.717, 1.165) is 6.61 Å². The highest BCUT2D eigenvalue weighted by molar-refractivity contribution is 7.99. The van der Waals surface area contributed by atoms with Crippen LogP contribution in [0.25, 0.3) is 0 Å². The lowest BCUT2D eigenvalue weighted by Gasteiger charge is -2.12. The van der Waals surface area contributed by atoms with Gasteiger partial charge in [0.15, 0.2) is 0 Å². The van der Waals surface area contributed by atoms with Crippen molar-refractivity contribution >= 4 is 11.8 Å². The quantitative estimate of drug-likeness (QED) is 0.158. The van der Waals surface area contributed by atoms with Crippen molar-refractivity contribution < 1.29 is 4.74 Å². The Labute approximate surface area is 177 Å². The van der Waals surface area contributed by atoms with Gasteiger partial charge in [0, 0.05) is 12.4 Å². The number of unbranched alkanes of at least 4 members (excludes halogenated alkanes) is 16. The second-order valence-corrected chi connectivity index (χ2v) is 9.56. The summed E-state index contributed by atoms with van der Waals surface area (Å²) >= 11 is 2.09. The zero-order valence-electron chi connectivity index (χ0n) is 19.2. The normalized spacial score (nSPS) is 12.6. The summed E-state index contributed by atoms with van der Waals surface area (Å²) in [7, 11) is 0. The Morgan fingerprint density at radius 1 is 0.556 bits per heavy atom. The molecule has 0 saturated heterocycles. The summed E-state index contributed by atoms with van der Waals surface area (Å²) in [6.45, 7) is 7.79. The number of hydrogen-bond donors (Lipinski definition) is 0. The molecule has 164 valence electrons. The van der Waals surface area contributed by atoms with E-state index in [2.05, 4.69) is 32.5 Å². The van der Waals surface area contributed by atoms with Gasteiger partial charge in [-0.3, -0.25) is 0 Å². The fourth-order valence-electron chi connectivity index (χ4n) is 3.51. The minimum absolute atomic E-state index is 0.433. The first kappa shape index (κ1) is 27.3. The van der Waals surface area contributed by atoms with Crippen molar-refractivity contribution in [1.82, 2.24) is 0 Å². The summed E-state index contributed by atoms with van der Waals surface area (Å²) < 4.78 is 5.97. The average Bonchev–Trinajstić information content (AvgIpc) is 2.67. The summed E-state index contributed by atoms with van der Waals surface area (Å²) in [4.78, 5) is 0. The minimum atomic E-state index is 0.433. The predicted octanol–water partition coefficient (Wildman–Crippen LogP) is 9.19. The smallest absolute Gasteiger partial charge is 0.0637 e. The fraction of sp³-hybridized carbons (Fsp3) is 1.00. The first-order valence-electron chi connectivity index (χ1n) is 12.5. The molecule has 0 aromatic carbocycles. The first-order valence-corrected chi connectivity index (χ1v) is 13.7. The molecule has 0 unspecified atom stereocenters. The van der Waals surface area contributed by atoms with Gasteiger partial charge in [0.2, 0.25) is 0 Å². The Kier molecular flexibility index (Phi) is 24.6. The van der Waals surface area contributed by atoms with Crippen LogP contribution < -0.4 is 0 Å². The zero-order chi connectivity index (χ0) is 19.8. The molecule has 2 heteroatoms. The monoisotopic (exact) mass is 400 g/mol. The summed E-state index contributed by atoms with van der Waals surface area (Å²) in [6, 6.07) is 0. The Hall–Kier alpha value is 0.310. The minimum Gasteiger partial charge on any atom is -0.378 e. The van der Waals surface area contributed by atoms with E-state index in [4.69, 9.17) is 4.74 Å². The molecule has 0 aromatic heterocycles. The lowest BCUT2D eigenvalue weighted by atomic mass is 10.1. The van der Waals surface area contributed by atoms with E-state index >= 15 is 0 Å². The highest BCUT2D eigenvalue weighted by Gasteiger charge is 2.02. The molecule has 0 saturated carbocycles. The van der Waals surface area contributed by atoms with Crippen LogP contribution in [0.15, 0.2) is 0 Å². The van der Waals surface area contributed by atoms with Crippen molar-refractivity contribution in [3.05, 3.63) is 0 Å². The molecule has 0 amide bonds. The van der Waals surface area contributed by atoms with Crippen LogP contribution in [0.3, 0.4) is 0 Å². The second kappa shape index (κ2) is 24.3. The van der Waals surface area contributed by atoms with Gasteiger partial charge >= 0.3 is 0 Å². The molecule has 0 spiro atoms. The highest BCUT2D eigenvalue weighted by Crippen LogP contribution is 2.14. The lowest BCUT2D eigenvalue weighted by Crippen LogP contribution is -2.12. The van der Waals surface area contributed by atoms with E-state index in [1.165, 1.54) is 127 Å². The zero-order valence-corrected chi connectivity index (χ0v) is 20.1. The summed E-state index contributed by atoms with van der Waals surface area (Å²) in [5.41, 5.74) is 0. The van der Waals surface area contributed by atoms with E-state index in [1.807, 2.05) is 0 Å². The third-order valence-corrected chi connectivity index (χ3v) is 6.68. The molecule has 0 aromatic rings. The number of ether oxygens (including phenoxy) is 1. The number of hydrogen-bond acceptors (Lipinski definition) is 2. The van der Waals surface area contributed by atoms with Crippen molar-refractivity contribution in [1.29, 1.82) is 0 Å².